The number of halogens is 4. The van der Waals surface area contributed by atoms with E-state index in [9.17, 15) is 13.2 Å². The fraction of sp³-hybridized carbons (Fsp3) is 0.368. The molecule has 1 N–H and O–H groups in total. The van der Waals surface area contributed by atoms with Crippen molar-refractivity contribution in [2.45, 2.75) is 18.5 Å². The number of hydrogen-bond donors (Lipinski definition) is 1. The number of rotatable bonds is 3. The molecule has 0 amide bonds. The van der Waals surface area contributed by atoms with Crippen molar-refractivity contribution in [2.24, 2.45) is 0 Å². The number of ether oxygens (including phenoxy) is 2. The molecule has 1 atom stereocenters. The summed E-state index contributed by atoms with van der Waals surface area (Å²) in [6, 6.07) is 7.24. The van der Waals surface area contributed by atoms with Crippen LogP contribution in [0.2, 0.25) is 5.02 Å². The number of benzene rings is 2. The van der Waals surface area contributed by atoms with Gasteiger partial charge in [0.05, 0.1) is 24.8 Å². The third-order valence-corrected chi connectivity index (χ3v) is 5.04. The molecule has 0 radical (unpaired) electrons. The summed E-state index contributed by atoms with van der Waals surface area (Å²) in [5.41, 5.74) is 1.65. The molecule has 1 heterocycles. The lowest BCUT2D eigenvalue weighted by Crippen LogP contribution is -2.21. The monoisotopic (exact) mass is 385 g/mol. The summed E-state index contributed by atoms with van der Waals surface area (Å²) in [7, 11) is 3.02. The Bertz CT molecular complexity index is 808. The molecular weight excluding hydrogens is 367 g/mol. The predicted molar refractivity (Wildman–Crippen MR) is 94.4 cm³/mol. The van der Waals surface area contributed by atoms with Gasteiger partial charge in [-0.3, -0.25) is 0 Å². The smallest absolute Gasteiger partial charge is 0.416 e. The molecule has 0 saturated heterocycles. The van der Waals surface area contributed by atoms with Crippen molar-refractivity contribution in [1.82, 2.24) is 5.32 Å². The van der Waals surface area contributed by atoms with E-state index in [4.69, 9.17) is 21.1 Å². The number of fused-ring (bicyclic) bond motifs is 1. The van der Waals surface area contributed by atoms with E-state index in [-0.39, 0.29) is 5.92 Å². The van der Waals surface area contributed by atoms with Crippen LogP contribution in [0.5, 0.6) is 11.5 Å². The molecule has 0 spiro atoms. The minimum Gasteiger partial charge on any atom is -0.493 e. The van der Waals surface area contributed by atoms with Gasteiger partial charge in [0.2, 0.25) is 0 Å². The maximum atomic E-state index is 13.1. The summed E-state index contributed by atoms with van der Waals surface area (Å²) in [6.07, 6.45) is -3.73. The number of hydrogen-bond acceptors (Lipinski definition) is 3. The molecule has 0 saturated carbocycles. The van der Waals surface area contributed by atoms with Gasteiger partial charge in [-0.25, -0.2) is 0 Å². The summed E-state index contributed by atoms with van der Waals surface area (Å²) < 4.78 is 50.1. The highest BCUT2D eigenvalue weighted by Gasteiger charge is 2.32. The van der Waals surface area contributed by atoms with E-state index >= 15 is 0 Å². The molecule has 26 heavy (non-hydrogen) atoms. The van der Waals surface area contributed by atoms with E-state index in [1.807, 2.05) is 6.07 Å². The van der Waals surface area contributed by atoms with Gasteiger partial charge in [-0.1, -0.05) is 29.8 Å². The Morgan fingerprint density at radius 2 is 1.92 bits per heavy atom. The van der Waals surface area contributed by atoms with Crippen LogP contribution in [0.25, 0.3) is 0 Å². The third kappa shape index (κ3) is 3.48. The molecular formula is C19H19ClF3NO2. The summed E-state index contributed by atoms with van der Waals surface area (Å²) in [5.74, 6) is 0.639. The first kappa shape index (κ1) is 18.9. The molecule has 1 unspecified atom stereocenters. The van der Waals surface area contributed by atoms with Gasteiger partial charge in [0.25, 0.3) is 0 Å². The van der Waals surface area contributed by atoms with Gasteiger partial charge in [-0.15, -0.1) is 0 Å². The summed E-state index contributed by atoms with van der Waals surface area (Å²) >= 11 is 6.53. The van der Waals surface area contributed by atoms with Gasteiger partial charge in [-0.2, -0.15) is 13.2 Å². The largest absolute Gasteiger partial charge is 0.493 e. The molecule has 2 aromatic carbocycles. The Labute approximate surface area is 155 Å². The van der Waals surface area contributed by atoms with Crippen molar-refractivity contribution in [3.05, 3.63) is 57.6 Å². The minimum atomic E-state index is -4.38. The zero-order chi connectivity index (χ0) is 18.9. The van der Waals surface area contributed by atoms with Crippen LogP contribution in [-0.4, -0.2) is 27.3 Å². The Morgan fingerprint density at radius 3 is 2.58 bits per heavy atom. The molecule has 3 nitrogen and oxygen atoms in total. The highest BCUT2D eigenvalue weighted by atomic mass is 35.5. The van der Waals surface area contributed by atoms with E-state index in [1.165, 1.54) is 26.4 Å². The van der Waals surface area contributed by atoms with Gasteiger partial charge in [0, 0.05) is 12.5 Å². The molecule has 0 aliphatic carbocycles. The lowest BCUT2D eigenvalue weighted by atomic mass is 9.87. The first-order chi connectivity index (χ1) is 12.4. The average molecular weight is 386 g/mol. The summed E-state index contributed by atoms with van der Waals surface area (Å²) in [6.45, 7) is 1.19. The van der Waals surface area contributed by atoms with Gasteiger partial charge >= 0.3 is 6.18 Å². The maximum Gasteiger partial charge on any atom is 0.416 e. The van der Waals surface area contributed by atoms with Crippen LogP contribution < -0.4 is 14.8 Å². The SMILES string of the molecule is COc1cc2c(c(Cl)c1OC)CCNCC2c1cccc(C(F)(F)F)c1. The number of alkyl halides is 3. The average Bonchev–Trinajstić information content (AvgIpc) is 2.83. The molecule has 3 rings (SSSR count). The van der Waals surface area contributed by atoms with Crippen LogP contribution in [0.15, 0.2) is 30.3 Å². The number of nitrogens with one attached hydrogen (secondary N) is 1. The van der Waals surface area contributed by atoms with Crippen molar-refractivity contribution in [3.63, 3.8) is 0 Å². The van der Waals surface area contributed by atoms with Gasteiger partial charge in [0.15, 0.2) is 11.5 Å². The molecule has 2 aromatic rings. The first-order valence-electron chi connectivity index (χ1n) is 8.18. The lowest BCUT2D eigenvalue weighted by Gasteiger charge is -2.22. The summed E-state index contributed by atoms with van der Waals surface area (Å²) in [4.78, 5) is 0. The van der Waals surface area contributed by atoms with Crippen molar-refractivity contribution >= 4 is 11.6 Å². The van der Waals surface area contributed by atoms with Crippen molar-refractivity contribution in [3.8, 4) is 11.5 Å². The van der Waals surface area contributed by atoms with Crippen molar-refractivity contribution in [1.29, 1.82) is 0 Å². The van der Waals surface area contributed by atoms with Gasteiger partial charge < -0.3 is 14.8 Å². The zero-order valence-corrected chi connectivity index (χ0v) is 15.2. The van der Waals surface area contributed by atoms with E-state index < -0.39 is 11.7 Å². The van der Waals surface area contributed by atoms with E-state index in [1.54, 1.807) is 6.07 Å². The molecule has 0 bridgehead atoms. The van der Waals surface area contributed by atoms with E-state index in [0.717, 1.165) is 17.2 Å². The Balaban J connectivity index is 2.16. The van der Waals surface area contributed by atoms with E-state index in [2.05, 4.69) is 5.32 Å². The zero-order valence-electron chi connectivity index (χ0n) is 14.4. The lowest BCUT2D eigenvalue weighted by molar-refractivity contribution is -0.137. The van der Waals surface area contributed by atoms with Crippen LogP contribution in [0, 0.1) is 0 Å². The second kappa shape index (κ2) is 7.37. The van der Waals surface area contributed by atoms with Crippen molar-refractivity contribution < 1.29 is 22.6 Å². The standard InChI is InChI=1S/C19H19ClF3NO2/c1-25-16-9-14-13(17(20)18(16)26-2)6-7-24-10-15(14)11-4-3-5-12(8-11)19(21,22)23/h3-5,8-9,15,24H,6-7,10H2,1-2H3. The Hall–Kier alpha value is -1.92. The van der Waals surface area contributed by atoms with Crippen molar-refractivity contribution in [2.75, 3.05) is 27.3 Å². The molecule has 1 aliphatic heterocycles. The van der Waals surface area contributed by atoms with Crippen LogP contribution in [-0.2, 0) is 12.6 Å². The molecule has 1 aliphatic rings. The molecule has 0 fully saturated rings. The minimum absolute atomic E-state index is 0.271. The van der Waals surface area contributed by atoms with Crippen LogP contribution >= 0.6 is 11.6 Å². The van der Waals surface area contributed by atoms with Gasteiger partial charge in [-0.05, 0) is 41.8 Å². The quantitative estimate of drug-likeness (QED) is 0.834. The normalized spacial score (nSPS) is 17.4. The highest BCUT2D eigenvalue weighted by molar-refractivity contribution is 6.33. The summed E-state index contributed by atoms with van der Waals surface area (Å²) in [5, 5.41) is 3.73. The number of methoxy groups -OCH3 is 2. The first-order valence-corrected chi connectivity index (χ1v) is 8.55. The maximum absolute atomic E-state index is 13.1. The molecule has 140 valence electrons. The van der Waals surface area contributed by atoms with Crippen LogP contribution in [0.4, 0.5) is 13.2 Å². The fourth-order valence-electron chi connectivity index (χ4n) is 3.37. The van der Waals surface area contributed by atoms with E-state index in [0.29, 0.717) is 41.6 Å². The van der Waals surface area contributed by atoms with Gasteiger partial charge in [0.1, 0.15) is 0 Å². The highest BCUT2D eigenvalue weighted by Crippen LogP contribution is 2.44. The third-order valence-electron chi connectivity index (χ3n) is 4.64. The second-order valence-electron chi connectivity index (χ2n) is 6.12. The predicted octanol–water partition coefficient (Wildman–Crippen LogP) is 4.65. The second-order valence-corrected chi connectivity index (χ2v) is 6.50. The topological polar surface area (TPSA) is 30.5 Å². The Morgan fingerprint density at radius 1 is 1.15 bits per heavy atom. The Kier molecular flexibility index (Phi) is 5.34. The van der Waals surface area contributed by atoms with Crippen LogP contribution in [0.1, 0.15) is 28.2 Å². The fourth-order valence-corrected chi connectivity index (χ4v) is 3.75. The molecule has 0 aromatic heterocycles. The molecule has 7 heteroatoms. The van der Waals surface area contributed by atoms with Crippen LogP contribution in [0.3, 0.4) is 0 Å².